The third-order valence-electron chi connectivity index (χ3n) is 3.08. The van der Waals surface area contributed by atoms with Gasteiger partial charge in [-0.05, 0) is 56.3 Å². The minimum Gasteiger partial charge on any atom is -0.456 e. The molecule has 0 bridgehead atoms. The monoisotopic (exact) mass is 286 g/mol. The molecule has 0 radical (unpaired) electrons. The Kier molecular flexibility index (Phi) is 5.46. The van der Waals surface area contributed by atoms with Crippen molar-refractivity contribution >= 4 is 6.08 Å². The Morgan fingerprint density at radius 3 is 2.71 bits per heavy atom. The molecule has 21 heavy (non-hydrogen) atoms. The van der Waals surface area contributed by atoms with Gasteiger partial charge in [-0.3, -0.25) is 4.98 Å². The SMILES string of the molecule is CN[C@@H](C)CC=Cc1cncc(Oc2ccc(F)cc2)c1. The number of hydrogen-bond donors (Lipinski definition) is 1. The Bertz CT molecular complexity index is 596. The smallest absolute Gasteiger partial charge is 0.146 e. The zero-order valence-electron chi connectivity index (χ0n) is 12.2. The van der Waals surface area contributed by atoms with Gasteiger partial charge in [0, 0.05) is 12.2 Å². The molecule has 0 aliphatic carbocycles. The lowest BCUT2D eigenvalue weighted by molar-refractivity contribution is 0.478. The van der Waals surface area contributed by atoms with Crippen LogP contribution in [0.2, 0.25) is 0 Å². The van der Waals surface area contributed by atoms with E-state index in [9.17, 15) is 4.39 Å². The lowest BCUT2D eigenvalue weighted by atomic mass is 10.2. The third-order valence-corrected chi connectivity index (χ3v) is 3.08. The minimum absolute atomic E-state index is 0.282. The summed E-state index contributed by atoms with van der Waals surface area (Å²) in [5.74, 6) is 0.935. The Morgan fingerprint density at radius 2 is 2.00 bits per heavy atom. The van der Waals surface area contributed by atoms with Gasteiger partial charge in [0.05, 0.1) is 6.20 Å². The van der Waals surface area contributed by atoms with Crippen molar-refractivity contribution in [3.63, 3.8) is 0 Å². The summed E-state index contributed by atoms with van der Waals surface area (Å²) >= 11 is 0. The lowest BCUT2D eigenvalue weighted by Crippen LogP contribution is -2.19. The number of aromatic nitrogens is 1. The van der Waals surface area contributed by atoms with E-state index in [-0.39, 0.29) is 5.82 Å². The normalized spacial score (nSPS) is 12.5. The molecular weight excluding hydrogens is 267 g/mol. The number of hydrogen-bond acceptors (Lipinski definition) is 3. The molecule has 4 heteroatoms. The second-order valence-electron chi connectivity index (χ2n) is 4.84. The van der Waals surface area contributed by atoms with Gasteiger partial charge in [0.1, 0.15) is 17.3 Å². The summed E-state index contributed by atoms with van der Waals surface area (Å²) in [6, 6.07) is 8.25. The van der Waals surface area contributed by atoms with Crippen LogP contribution >= 0.6 is 0 Å². The van der Waals surface area contributed by atoms with Crippen molar-refractivity contribution in [2.45, 2.75) is 19.4 Å². The van der Waals surface area contributed by atoms with Gasteiger partial charge in [-0.15, -0.1) is 0 Å². The van der Waals surface area contributed by atoms with E-state index in [1.54, 1.807) is 24.5 Å². The molecule has 1 N–H and O–H groups in total. The average Bonchev–Trinajstić information content (AvgIpc) is 2.50. The van der Waals surface area contributed by atoms with Gasteiger partial charge >= 0.3 is 0 Å². The number of halogens is 1. The Hall–Kier alpha value is -2.20. The first kappa shape index (κ1) is 15.2. The second kappa shape index (κ2) is 7.55. The Morgan fingerprint density at radius 1 is 1.24 bits per heavy atom. The first-order valence-electron chi connectivity index (χ1n) is 6.89. The standard InChI is InChI=1S/C17H19FN2O/c1-13(19-2)4-3-5-14-10-17(12-20-11-14)21-16-8-6-15(18)7-9-16/h3,5-13,19H,4H2,1-2H3/t13-/m0/s1. The van der Waals surface area contributed by atoms with Crippen LogP contribution in [0.15, 0.2) is 48.8 Å². The highest BCUT2D eigenvalue weighted by Crippen LogP contribution is 2.21. The molecule has 3 nitrogen and oxygen atoms in total. The van der Waals surface area contributed by atoms with E-state index >= 15 is 0 Å². The van der Waals surface area contributed by atoms with Gasteiger partial charge in [-0.2, -0.15) is 0 Å². The fraction of sp³-hybridized carbons (Fsp3) is 0.235. The van der Waals surface area contributed by atoms with Crippen molar-refractivity contribution in [1.29, 1.82) is 0 Å². The molecule has 1 aromatic heterocycles. The molecule has 2 aromatic rings. The first-order valence-corrected chi connectivity index (χ1v) is 6.89. The number of ether oxygens (including phenoxy) is 1. The molecular formula is C17H19FN2O. The topological polar surface area (TPSA) is 34.2 Å². The fourth-order valence-electron chi connectivity index (χ4n) is 1.75. The maximum atomic E-state index is 12.8. The van der Waals surface area contributed by atoms with Crippen molar-refractivity contribution < 1.29 is 9.13 Å². The van der Waals surface area contributed by atoms with Gasteiger partial charge in [0.2, 0.25) is 0 Å². The van der Waals surface area contributed by atoms with Crippen molar-refractivity contribution in [3.05, 3.63) is 60.2 Å². The van der Waals surface area contributed by atoms with Crippen LogP contribution in [0.1, 0.15) is 18.9 Å². The highest BCUT2D eigenvalue weighted by Gasteiger charge is 1.99. The summed E-state index contributed by atoms with van der Waals surface area (Å²) in [4.78, 5) is 4.15. The van der Waals surface area contributed by atoms with Crippen molar-refractivity contribution in [3.8, 4) is 11.5 Å². The molecule has 1 aromatic carbocycles. The summed E-state index contributed by atoms with van der Waals surface area (Å²) in [5.41, 5.74) is 0.970. The summed E-state index contributed by atoms with van der Waals surface area (Å²) in [7, 11) is 1.94. The van der Waals surface area contributed by atoms with Crippen LogP contribution < -0.4 is 10.1 Å². The van der Waals surface area contributed by atoms with Crippen LogP contribution in [0, 0.1) is 5.82 Å². The maximum Gasteiger partial charge on any atom is 0.146 e. The Labute approximate surface area is 124 Å². The molecule has 1 atom stereocenters. The zero-order valence-corrected chi connectivity index (χ0v) is 12.2. The predicted octanol–water partition coefficient (Wildman–Crippen LogP) is 4.02. The fourth-order valence-corrected chi connectivity index (χ4v) is 1.75. The van der Waals surface area contributed by atoms with E-state index in [0.717, 1.165) is 12.0 Å². The van der Waals surface area contributed by atoms with Crippen LogP contribution in [-0.4, -0.2) is 18.1 Å². The summed E-state index contributed by atoms with van der Waals surface area (Å²) < 4.78 is 18.5. The van der Waals surface area contributed by atoms with Crippen LogP contribution in [0.5, 0.6) is 11.5 Å². The van der Waals surface area contributed by atoms with Crippen LogP contribution in [0.3, 0.4) is 0 Å². The molecule has 0 saturated heterocycles. The Balaban J connectivity index is 2.02. The lowest BCUT2D eigenvalue weighted by Gasteiger charge is -2.06. The molecule has 2 rings (SSSR count). The highest BCUT2D eigenvalue weighted by atomic mass is 19.1. The van der Waals surface area contributed by atoms with Crippen LogP contribution in [0.25, 0.3) is 6.08 Å². The molecule has 0 saturated carbocycles. The molecule has 0 fully saturated rings. The molecule has 0 spiro atoms. The molecule has 110 valence electrons. The molecule has 0 unspecified atom stereocenters. The predicted molar refractivity (Wildman–Crippen MR) is 82.9 cm³/mol. The van der Waals surface area contributed by atoms with Crippen molar-refractivity contribution in [1.82, 2.24) is 10.3 Å². The van der Waals surface area contributed by atoms with E-state index in [0.29, 0.717) is 17.5 Å². The number of nitrogens with one attached hydrogen (secondary N) is 1. The average molecular weight is 286 g/mol. The second-order valence-corrected chi connectivity index (χ2v) is 4.84. The van der Waals surface area contributed by atoms with E-state index in [2.05, 4.69) is 23.3 Å². The van der Waals surface area contributed by atoms with Gasteiger partial charge < -0.3 is 10.1 Å². The van der Waals surface area contributed by atoms with Gasteiger partial charge in [-0.25, -0.2) is 4.39 Å². The molecule has 0 amide bonds. The first-order chi connectivity index (χ1) is 10.2. The van der Waals surface area contributed by atoms with Crippen molar-refractivity contribution in [2.24, 2.45) is 0 Å². The summed E-state index contributed by atoms with van der Waals surface area (Å²) in [6.07, 6.45) is 8.47. The van der Waals surface area contributed by atoms with Crippen molar-refractivity contribution in [2.75, 3.05) is 7.05 Å². The number of rotatable bonds is 6. The minimum atomic E-state index is -0.282. The van der Waals surface area contributed by atoms with Crippen LogP contribution in [0.4, 0.5) is 4.39 Å². The van der Waals surface area contributed by atoms with Gasteiger partial charge in [0.25, 0.3) is 0 Å². The van der Waals surface area contributed by atoms with Crippen LogP contribution in [-0.2, 0) is 0 Å². The van der Waals surface area contributed by atoms with E-state index in [1.807, 2.05) is 19.2 Å². The van der Waals surface area contributed by atoms with Gasteiger partial charge in [-0.1, -0.05) is 12.2 Å². The van der Waals surface area contributed by atoms with E-state index in [4.69, 9.17) is 4.74 Å². The number of benzene rings is 1. The summed E-state index contributed by atoms with van der Waals surface area (Å²) in [6.45, 7) is 2.12. The molecule has 0 aliphatic rings. The number of pyridine rings is 1. The quantitative estimate of drug-likeness (QED) is 0.870. The van der Waals surface area contributed by atoms with E-state index < -0.39 is 0 Å². The maximum absolute atomic E-state index is 12.8. The highest BCUT2D eigenvalue weighted by molar-refractivity contribution is 5.50. The van der Waals surface area contributed by atoms with E-state index in [1.165, 1.54) is 12.1 Å². The van der Waals surface area contributed by atoms with Gasteiger partial charge in [0.15, 0.2) is 0 Å². The summed E-state index contributed by atoms with van der Waals surface area (Å²) in [5, 5.41) is 3.18. The third kappa shape index (κ3) is 5.00. The molecule has 0 aliphatic heterocycles. The molecule has 1 heterocycles. The zero-order chi connectivity index (χ0) is 15.1. The largest absolute Gasteiger partial charge is 0.456 e. The number of nitrogens with zero attached hydrogens (tertiary/aromatic N) is 1.